The van der Waals surface area contributed by atoms with Crippen LogP contribution in [0, 0.1) is 0 Å². The van der Waals surface area contributed by atoms with Crippen LogP contribution < -0.4 is 21.3 Å². The van der Waals surface area contributed by atoms with E-state index in [1.807, 2.05) is 23.1 Å². The molecule has 1 aliphatic rings. The highest BCUT2D eigenvalue weighted by Gasteiger charge is 2.38. The van der Waals surface area contributed by atoms with Crippen molar-refractivity contribution in [1.82, 2.24) is 0 Å². The van der Waals surface area contributed by atoms with Crippen molar-refractivity contribution in [1.29, 1.82) is 0 Å². The van der Waals surface area contributed by atoms with E-state index in [1.54, 1.807) is 54.6 Å². The van der Waals surface area contributed by atoms with Crippen molar-refractivity contribution in [3.63, 3.8) is 0 Å². The highest BCUT2D eigenvalue weighted by Crippen LogP contribution is 2.28. The van der Waals surface area contributed by atoms with Crippen molar-refractivity contribution in [2.24, 2.45) is 11.5 Å². The summed E-state index contributed by atoms with van der Waals surface area (Å²) in [5.41, 5.74) is 15.1. The zero-order valence-corrected chi connectivity index (χ0v) is 24.0. The Labute approximate surface area is 255 Å². The number of alkyl halides is 3. The molecular formula is C30H31F3N4O8. The molecule has 2 amide bonds. The number of nitrogens with two attached hydrogens (primary N) is 2. The van der Waals surface area contributed by atoms with Gasteiger partial charge in [0, 0.05) is 35.6 Å². The number of rotatable bonds is 8. The molecule has 3 aromatic rings. The number of halogens is 3. The molecule has 0 unspecified atom stereocenters. The molecule has 0 bridgehead atoms. The maximum atomic E-state index is 12.6. The molecule has 1 heterocycles. The number of fused-ring (bicyclic) bond motifs is 1. The summed E-state index contributed by atoms with van der Waals surface area (Å²) in [6, 6.07) is 20.9. The maximum absolute atomic E-state index is 12.6. The van der Waals surface area contributed by atoms with Gasteiger partial charge in [-0.25, -0.2) is 4.79 Å². The molecule has 0 saturated carbocycles. The Balaban J connectivity index is 0.000000263. The van der Waals surface area contributed by atoms with Gasteiger partial charge in [-0.15, -0.1) is 0 Å². The molecule has 240 valence electrons. The summed E-state index contributed by atoms with van der Waals surface area (Å²) >= 11 is 0. The lowest BCUT2D eigenvalue weighted by atomic mass is 10.1. The molecule has 4 rings (SSSR count). The minimum Gasteiger partial charge on any atom is -0.480 e. The predicted molar refractivity (Wildman–Crippen MR) is 157 cm³/mol. The number of aliphatic carboxylic acids is 2. The van der Waals surface area contributed by atoms with E-state index < -0.39 is 30.6 Å². The van der Waals surface area contributed by atoms with Crippen molar-refractivity contribution in [2.75, 3.05) is 36.5 Å². The molecule has 6 N–H and O–H groups in total. The second-order valence-electron chi connectivity index (χ2n) is 9.28. The summed E-state index contributed by atoms with van der Waals surface area (Å²) in [4.78, 5) is 58.0. The molecule has 45 heavy (non-hydrogen) atoms. The molecule has 3 aromatic carbocycles. The minimum atomic E-state index is -5.08. The normalized spacial score (nSPS) is 11.5. The van der Waals surface area contributed by atoms with E-state index in [2.05, 4.69) is 4.74 Å². The number of amides is 2. The average Bonchev–Trinajstić information content (AvgIpc) is 3.41. The minimum absolute atomic E-state index is 0.200. The van der Waals surface area contributed by atoms with E-state index in [1.165, 1.54) is 12.0 Å². The van der Waals surface area contributed by atoms with Gasteiger partial charge in [0.2, 0.25) is 5.91 Å². The van der Waals surface area contributed by atoms with Gasteiger partial charge in [-0.05, 0) is 53.9 Å². The summed E-state index contributed by atoms with van der Waals surface area (Å²) in [5, 5.41) is 16.2. The first-order valence-corrected chi connectivity index (χ1v) is 13.1. The number of benzene rings is 3. The van der Waals surface area contributed by atoms with E-state index >= 15 is 0 Å². The summed E-state index contributed by atoms with van der Waals surface area (Å²) in [6.45, 7) is 0.888. The van der Waals surface area contributed by atoms with Crippen LogP contribution in [-0.2, 0) is 32.1 Å². The van der Waals surface area contributed by atoms with Gasteiger partial charge in [-0.1, -0.05) is 36.4 Å². The lowest BCUT2D eigenvalue weighted by Gasteiger charge is -2.21. The van der Waals surface area contributed by atoms with Crippen molar-refractivity contribution in [2.45, 2.75) is 19.1 Å². The highest BCUT2D eigenvalue weighted by molar-refractivity contribution is 6.08. The molecule has 15 heteroatoms. The zero-order chi connectivity index (χ0) is 33.7. The summed E-state index contributed by atoms with van der Waals surface area (Å²) in [6.07, 6.45) is -4.22. The van der Waals surface area contributed by atoms with Crippen molar-refractivity contribution in [3.05, 3.63) is 95.1 Å². The van der Waals surface area contributed by atoms with Crippen LogP contribution in [0.5, 0.6) is 0 Å². The third-order valence-electron chi connectivity index (χ3n) is 6.17. The standard InChI is InChI=1S/C16H16N2O3.C12H14N2O3.C2HF3O2/c17-10-12-5-4-6-13(9-12)16(21)18(11-15(19)20)14-7-2-1-3-8-14;1-17-11(15)7-14-5-4-8-2-3-9(12(13)16)6-10(8)14;3-2(4,5)1(6)7/h1-9H,10-11,17H2,(H,19,20);2-3,6H,4-5,7H2,1H3,(H2,13,16);(H,6,7). The molecule has 0 fully saturated rings. The fraction of sp³-hybridized carbons (Fsp3) is 0.233. The smallest absolute Gasteiger partial charge is 0.480 e. The Morgan fingerprint density at radius 3 is 2.11 bits per heavy atom. The van der Waals surface area contributed by atoms with Gasteiger partial charge >= 0.3 is 24.1 Å². The van der Waals surface area contributed by atoms with Gasteiger partial charge in [0.15, 0.2) is 0 Å². The van der Waals surface area contributed by atoms with Crippen LogP contribution in [0.4, 0.5) is 24.5 Å². The molecule has 0 saturated heterocycles. The van der Waals surface area contributed by atoms with Crippen molar-refractivity contribution < 1.29 is 52.1 Å². The van der Waals surface area contributed by atoms with Gasteiger partial charge < -0.3 is 31.3 Å². The van der Waals surface area contributed by atoms with E-state index in [9.17, 15) is 32.3 Å². The van der Waals surface area contributed by atoms with Gasteiger partial charge in [0.05, 0.1) is 7.11 Å². The lowest BCUT2D eigenvalue weighted by Crippen LogP contribution is -2.35. The first-order chi connectivity index (χ1) is 21.2. The monoisotopic (exact) mass is 632 g/mol. The molecular weight excluding hydrogens is 601 g/mol. The summed E-state index contributed by atoms with van der Waals surface area (Å²) < 4.78 is 36.4. The number of hydrogen-bond acceptors (Lipinski definition) is 8. The van der Waals surface area contributed by atoms with Crippen LogP contribution in [0.25, 0.3) is 0 Å². The summed E-state index contributed by atoms with van der Waals surface area (Å²) in [7, 11) is 1.36. The Hall–Kier alpha value is -5.44. The Kier molecular flexibility index (Phi) is 13.0. The number of primary amides is 1. The van der Waals surface area contributed by atoms with E-state index in [0.717, 1.165) is 29.8 Å². The average molecular weight is 633 g/mol. The zero-order valence-electron chi connectivity index (χ0n) is 24.0. The first-order valence-electron chi connectivity index (χ1n) is 13.1. The number of anilines is 2. The fourth-order valence-electron chi connectivity index (χ4n) is 3.99. The van der Waals surface area contributed by atoms with Crippen LogP contribution in [0.1, 0.15) is 31.8 Å². The summed E-state index contributed by atoms with van der Waals surface area (Å²) in [5.74, 6) is -4.94. The number of carbonyl (C=O) groups excluding carboxylic acids is 3. The molecule has 0 aliphatic carbocycles. The first kappa shape index (κ1) is 35.8. The lowest BCUT2D eigenvalue weighted by molar-refractivity contribution is -0.192. The number of nitrogens with zero attached hydrogens (tertiary/aromatic N) is 2. The molecule has 0 atom stereocenters. The number of carboxylic acids is 2. The SMILES string of the molecule is COC(=O)CN1CCc2ccc(C(N)=O)cc21.NCc1cccc(C(=O)N(CC(=O)O)c2ccccc2)c1.O=C(O)C(F)(F)F. The van der Waals surface area contributed by atoms with Gasteiger partial charge in [0.25, 0.3) is 5.91 Å². The fourth-order valence-corrected chi connectivity index (χ4v) is 3.99. The van der Waals surface area contributed by atoms with Gasteiger partial charge in [0.1, 0.15) is 13.1 Å². The highest BCUT2D eigenvalue weighted by atomic mass is 19.4. The second-order valence-corrected chi connectivity index (χ2v) is 9.28. The van der Waals surface area contributed by atoms with Crippen molar-refractivity contribution >= 4 is 41.1 Å². The van der Waals surface area contributed by atoms with Crippen LogP contribution >= 0.6 is 0 Å². The van der Waals surface area contributed by atoms with Crippen LogP contribution in [0.15, 0.2) is 72.8 Å². The second kappa shape index (κ2) is 16.4. The molecule has 1 aliphatic heterocycles. The number of carboxylic acid groups (broad SMARTS) is 2. The molecule has 0 radical (unpaired) electrons. The van der Waals surface area contributed by atoms with E-state index in [0.29, 0.717) is 23.4 Å². The van der Waals surface area contributed by atoms with Crippen LogP contribution in [0.3, 0.4) is 0 Å². The number of ether oxygens (including phenoxy) is 1. The van der Waals surface area contributed by atoms with E-state index in [4.69, 9.17) is 26.5 Å². The Morgan fingerprint density at radius 1 is 0.933 bits per heavy atom. The van der Waals surface area contributed by atoms with Gasteiger partial charge in [-0.3, -0.25) is 24.1 Å². The predicted octanol–water partition coefficient (Wildman–Crippen LogP) is 2.83. The number of carbonyl (C=O) groups is 5. The topological polar surface area (TPSA) is 194 Å². The van der Waals surface area contributed by atoms with Gasteiger partial charge in [-0.2, -0.15) is 13.2 Å². The molecule has 0 spiro atoms. The Bertz CT molecular complexity index is 1520. The molecule has 12 nitrogen and oxygen atoms in total. The van der Waals surface area contributed by atoms with E-state index in [-0.39, 0.29) is 18.4 Å². The van der Waals surface area contributed by atoms with Crippen LogP contribution in [-0.4, -0.2) is 72.9 Å². The van der Waals surface area contributed by atoms with Crippen molar-refractivity contribution in [3.8, 4) is 0 Å². The third-order valence-corrected chi connectivity index (χ3v) is 6.17. The number of hydrogen-bond donors (Lipinski definition) is 4. The third kappa shape index (κ3) is 11.0. The Morgan fingerprint density at radius 2 is 1.58 bits per heavy atom. The number of para-hydroxylation sites is 1. The van der Waals surface area contributed by atoms with Crippen LogP contribution in [0.2, 0.25) is 0 Å². The number of methoxy groups -OCH3 is 1. The largest absolute Gasteiger partial charge is 0.490 e. The quantitative estimate of drug-likeness (QED) is 0.268. The molecule has 0 aromatic heterocycles. The maximum Gasteiger partial charge on any atom is 0.490 e. The number of esters is 1.